The van der Waals surface area contributed by atoms with Crippen molar-refractivity contribution >= 4 is 12.0 Å². The summed E-state index contributed by atoms with van der Waals surface area (Å²) in [4.78, 5) is 24.8. The molecule has 0 radical (unpaired) electrons. The van der Waals surface area contributed by atoms with E-state index in [4.69, 9.17) is 0 Å². The smallest absolute Gasteiger partial charge is 0.317 e. The van der Waals surface area contributed by atoms with Gasteiger partial charge < -0.3 is 15.3 Å². The Morgan fingerprint density at radius 2 is 1.95 bits per heavy atom. The topological polar surface area (TPSA) is 69.6 Å². The lowest BCUT2D eigenvalue weighted by Crippen LogP contribution is -2.50. The Labute approximate surface area is 125 Å². The van der Waals surface area contributed by atoms with Crippen LogP contribution in [0.2, 0.25) is 0 Å². The number of hydrogen-bond acceptors (Lipinski definition) is 2. The molecule has 1 aromatic carbocycles. The van der Waals surface area contributed by atoms with Crippen molar-refractivity contribution in [2.45, 2.75) is 25.7 Å². The van der Waals surface area contributed by atoms with E-state index in [2.05, 4.69) is 5.32 Å². The first-order valence-electron chi connectivity index (χ1n) is 7.30. The lowest BCUT2D eigenvalue weighted by Gasteiger charge is -2.37. The van der Waals surface area contributed by atoms with Crippen molar-refractivity contribution in [3.8, 4) is 0 Å². The van der Waals surface area contributed by atoms with Gasteiger partial charge in [0.15, 0.2) is 0 Å². The molecule has 0 aromatic heterocycles. The average Bonchev–Trinajstić information content (AvgIpc) is 2.44. The number of urea groups is 1. The zero-order chi connectivity index (χ0) is 15.3. The first-order valence-corrected chi connectivity index (χ1v) is 7.30. The summed E-state index contributed by atoms with van der Waals surface area (Å²) in [6.07, 6.45) is 3.01. The molecule has 1 aromatic rings. The highest BCUT2D eigenvalue weighted by atomic mass is 16.4. The molecule has 1 aliphatic rings. The number of carbonyl (C=O) groups is 2. The molecule has 0 heterocycles. The Kier molecular flexibility index (Phi) is 4.83. The number of amides is 2. The van der Waals surface area contributed by atoms with Gasteiger partial charge >= 0.3 is 12.0 Å². The minimum atomic E-state index is -0.805. The molecule has 0 unspecified atom stereocenters. The quantitative estimate of drug-likeness (QED) is 0.843. The maximum absolute atomic E-state index is 12.0. The lowest BCUT2D eigenvalue weighted by atomic mass is 9.69. The zero-order valence-corrected chi connectivity index (χ0v) is 12.3. The van der Waals surface area contributed by atoms with Crippen LogP contribution in [0.4, 0.5) is 4.79 Å². The maximum Gasteiger partial charge on any atom is 0.317 e. The molecule has 0 spiro atoms. The summed E-state index contributed by atoms with van der Waals surface area (Å²) in [7, 11) is 1.73. The van der Waals surface area contributed by atoms with E-state index in [1.54, 1.807) is 11.9 Å². The SMILES string of the molecule is CN(CCc1ccccc1)C(=O)NCC1(C(=O)O)CCC1. The van der Waals surface area contributed by atoms with Crippen molar-refractivity contribution in [1.29, 1.82) is 0 Å². The number of carboxylic acids is 1. The number of likely N-dealkylation sites (N-methyl/N-ethyl adjacent to an activating group) is 1. The second kappa shape index (κ2) is 6.61. The predicted octanol–water partition coefficient (Wildman–Crippen LogP) is 2.13. The number of hydrogen-bond donors (Lipinski definition) is 2. The van der Waals surface area contributed by atoms with Crippen LogP contribution in [-0.2, 0) is 11.2 Å². The fourth-order valence-corrected chi connectivity index (χ4v) is 2.49. The van der Waals surface area contributed by atoms with Gasteiger partial charge in [-0.05, 0) is 24.8 Å². The number of nitrogens with one attached hydrogen (secondary N) is 1. The molecule has 5 nitrogen and oxygen atoms in total. The molecule has 0 saturated heterocycles. The van der Waals surface area contributed by atoms with Crippen molar-refractivity contribution in [2.75, 3.05) is 20.1 Å². The van der Waals surface area contributed by atoms with E-state index in [9.17, 15) is 14.7 Å². The van der Waals surface area contributed by atoms with Crippen molar-refractivity contribution < 1.29 is 14.7 Å². The first-order chi connectivity index (χ1) is 10.0. The summed E-state index contributed by atoms with van der Waals surface area (Å²) in [6, 6.07) is 9.76. The van der Waals surface area contributed by atoms with Gasteiger partial charge in [-0.2, -0.15) is 0 Å². The summed E-state index contributed by atoms with van der Waals surface area (Å²) in [5.41, 5.74) is 0.439. The molecule has 2 amide bonds. The lowest BCUT2D eigenvalue weighted by molar-refractivity contribution is -0.153. The molecule has 5 heteroatoms. The molecule has 1 aliphatic carbocycles. The minimum Gasteiger partial charge on any atom is -0.481 e. The van der Waals surface area contributed by atoms with Gasteiger partial charge in [0, 0.05) is 20.1 Å². The number of rotatable bonds is 6. The van der Waals surface area contributed by atoms with Crippen LogP contribution in [-0.4, -0.2) is 42.1 Å². The fraction of sp³-hybridized carbons (Fsp3) is 0.500. The monoisotopic (exact) mass is 290 g/mol. The number of carbonyl (C=O) groups excluding carboxylic acids is 1. The molecular weight excluding hydrogens is 268 g/mol. The summed E-state index contributed by atoms with van der Waals surface area (Å²) >= 11 is 0. The number of aliphatic carboxylic acids is 1. The van der Waals surface area contributed by atoms with Crippen LogP contribution in [0.1, 0.15) is 24.8 Å². The molecule has 2 N–H and O–H groups in total. The highest BCUT2D eigenvalue weighted by Gasteiger charge is 2.44. The van der Waals surface area contributed by atoms with E-state index in [1.165, 1.54) is 5.56 Å². The number of benzene rings is 1. The van der Waals surface area contributed by atoms with E-state index in [0.29, 0.717) is 19.4 Å². The van der Waals surface area contributed by atoms with Gasteiger partial charge in [-0.15, -0.1) is 0 Å². The largest absolute Gasteiger partial charge is 0.481 e. The third kappa shape index (κ3) is 3.74. The summed E-state index contributed by atoms with van der Waals surface area (Å²) < 4.78 is 0. The minimum absolute atomic E-state index is 0.210. The molecule has 0 atom stereocenters. The molecule has 2 rings (SSSR count). The third-order valence-corrected chi connectivity index (χ3v) is 4.27. The number of nitrogens with zero attached hydrogens (tertiary/aromatic N) is 1. The Balaban J connectivity index is 1.76. The van der Waals surface area contributed by atoms with E-state index >= 15 is 0 Å². The fourth-order valence-electron chi connectivity index (χ4n) is 2.49. The Hall–Kier alpha value is -2.04. The molecular formula is C16H22N2O3. The van der Waals surface area contributed by atoms with Crippen LogP contribution in [0.5, 0.6) is 0 Å². The second-order valence-corrected chi connectivity index (χ2v) is 5.75. The highest BCUT2D eigenvalue weighted by molar-refractivity contribution is 5.78. The van der Waals surface area contributed by atoms with E-state index < -0.39 is 11.4 Å². The normalized spacial score (nSPS) is 15.9. The van der Waals surface area contributed by atoms with Gasteiger partial charge in [0.1, 0.15) is 0 Å². The van der Waals surface area contributed by atoms with Crippen LogP contribution in [0.25, 0.3) is 0 Å². The molecule has 114 valence electrons. The molecule has 21 heavy (non-hydrogen) atoms. The van der Waals surface area contributed by atoms with Gasteiger partial charge in [-0.3, -0.25) is 4.79 Å². The van der Waals surface area contributed by atoms with Crippen molar-refractivity contribution in [2.24, 2.45) is 5.41 Å². The summed E-state index contributed by atoms with van der Waals surface area (Å²) in [5, 5.41) is 12.0. The first kappa shape index (κ1) is 15.4. The third-order valence-electron chi connectivity index (χ3n) is 4.27. The van der Waals surface area contributed by atoms with Gasteiger partial charge in [0.25, 0.3) is 0 Å². The average molecular weight is 290 g/mol. The van der Waals surface area contributed by atoms with E-state index in [0.717, 1.165) is 12.8 Å². The van der Waals surface area contributed by atoms with Crippen LogP contribution in [0, 0.1) is 5.41 Å². The molecule has 1 saturated carbocycles. The molecule has 0 aliphatic heterocycles. The number of carboxylic acid groups (broad SMARTS) is 1. The Morgan fingerprint density at radius 1 is 1.29 bits per heavy atom. The van der Waals surface area contributed by atoms with Crippen molar-refractivity contribution in [1.82, 2.24) is 10.2 Å². The predicted molar refractivity (Wildman–Crippen MR) is 80.1 cm³/mol. The molecule has 0 bridgehead atoms. The van der Waals surface area contributed by atoms with Crippen molar-refractivity contribution in [3.63, 3.8) is 0 Å². The van der Waals surface area contributed by atoms with Gasteiger partial charge in [-0.1, -0.05) is 36.8 Å². The zero-order valence-electron chi connectivity index (χ0n) is 12.3. The summed E-state index contributed by atoms with van der Waals surface area (Å²) in [6.45, 7) is 0.826. The van der Waals surface area contributed by atoms with E-state index in [-0.39, 0.29) is 12.6 Å². The van der Waals surface area contributed by atoms with Gasteiger partial charge in [0.2, 0.25) is 0 Å². The van der Waals surface area contributed by atoms with Crippen LogP contribution >= 0.6 is 0 Å². The van der Waals surface area contributed by atoms with Gasteiger partial charge in [-0.25, -0.2) is 4.79 Å². The van der Waals surface area contributed by atoms with E-state index in [1.807, 2.05) is 30.3 Å². The van der Waals surface area contributed by atoms with Gasteiger partial charge in [0.05, 0.1) is 5.41 Å². The highest BCUT2D eigenvalue weighted by Crippen LogP contribution is 2.40. The van der Waals surface area contributed by atoms with Crippen molar-refractivity contribution in [3.05, 3.63) is 35.9 Å². The maximum atomic E-state index is 12.0. The Morgan fingerprint density at radius 3 is 2.48 bits per heavy atom. The van der Waals surface area contributed by atoms with Crippen LogP contribution < -0.4 is 5.32 Å². The van der Waals surface area contributed by atoms with Crippen LogP contribution in [0.3, 0.4) is 0 Å². The summed E-state index contributed by atoms with van der Waals surface area (Å²) in [5.74, 6) is -0.805. The van der Waals surface area contributed by atoms with Crippen LogP contribution in [0.15, 0.2) is 30.3 Å². The second-order valence-electron chi connectivity index (χ2n) is 5.75. The molecule has 1 fully saturated rings. The Bertz CT molecular complexity index is 498. The standard InChI is InChI=1S/C16H22N2O3/c1-18(11-8-13-6-3-2-4-7-13)15(21)17-12-16(14(19)20)9-5-10-16/h2-4,6-7H,5,8-12H2,1H3,(H,17,21)(H,19,20).